The highest BCUT2D eigenvalue weighted by Crippen LogP contribution is 2.32. The fraction of sp³-hybridized carbons (Fsp3) is 0.200. The van der Waals surface area contributed by atoms with Crippen molar-refractivity contribution in [1.82, 2.24) is 4.72 Å². The Morgan fingerprint density at radius 3 is 2.70 bits per heavy atom. The van der Waals surface area contributed by atoms with E-state index in [1.807, 2.05) is 24.3 Å². The van der Waals surface area contributed by atoms with E-state index in [0.717, 1.165) is 22.9 Å². The second-order valence-corrected chi connectivity index (χ2v) is 7.50. The lowest BCUT2D eigenvalue weighted by Crippen LogP contribution is -2.27. The molecule has 20 heavy (non-hydrogen) atoms. The number of hydrogen-bond donors (Lipinski definition) is 1. The number of nitrogens with one attached hydrogen (secondary N) is 1. The van der Waals surface area contributed by atoms with Gasteiger partial charge >= 0.3 is 0 Å². The molecule has 3 rings (SSSR count). The zero-order valence-electron chi connectivity index (χ0n) is 10.7. The van der Waals surface area contributed by atoms with Gasteiger partial charge in [-0.25, -0.2) is 13.1 Å². The maximum Gasteiger partial charge on any atom is 0.241 e. The molecule has 1 aliphatic carbocycles. The van der Waals surface area contributed by atoms with Gasteiger partial charge in [0.05, 0.1) is 4.90 Å². The van der Waals surface area contributed by atoms with E-state index >= 15 is 0 Å². The van der Waals surface area contributed by atoms with Crippen molar-refractivity contribution in [2.24, 2.45) is 0 Å². The van der Waals surface area contributed by atoms with E-state index in [9.17, 15) is 8.42 Å². The molecule has 1 atom stereocenters. The molecule has 0 radical (unpaired) electrons. The molecule has 104 valence electrons. The Morgan fingerprint density at radius 2 is 1.90 bits per heavy atom. The van der Waals surface area contributed by atoms with Crippen LogP contribution in [0.15, 0.2) is 57.9 Å². The maximum absolute atomic E-state index is 12.4. The average molecular weight is 352 g/mol. The van der Waals surface area contributed by atoms with Crippen LogP contribution in [-0.2, 0) is 16.4 Å². The Balaban J connectivity index is 1.89. The Labute approximate surface area is 127 Å². The zero-order chi connectivity index (χ0) is 14.2. The topological polar surface area (TPSA) is 46.2 Å². The molecule has 0 bridgehead atoms. The molecule has 0 aromatic heterocycles. The van der Waals surface area contributed by atoms with Crippen LogP contribution in [0.2, 0.25) is 0 Å². The summed E-state index contributed by atoms with van der Waals surface area (Å²) in [5.74, 6) is 0. The minimum atomic E-state index is -3.49. The van der Waals surface area contributed by atoms with E-state index in [2.05, 4.69) is 26.7 Å². The van der Waals surface area contributed by atoms with Crippen molar-refractivity contribution < 1.29 is 8.42 Å². The molecule has 0 saturated carbocycles. The zero-order valence-corrected chi connectivity index (χ0v) is 13.1. The van der Waals surface area contributed by atoms with Crippen molar-refractivity contribution in [2.75, 3.05) is 0 Å². The molecule has 1 N–H and O–H groups in total. The summed E-state index contributed by atoms with van der Waals surface area (Å²) < 4.78 is 28.4. The number of halogens is 1. The van der Waals surface area contributed by atoms with Gasteiger partial charge < -0.3 is 0 Å². The standard InChI is InChI=1S/C15H14BrNO2S/c16-12-5-3-6-13(10-12)20(18,19)17-15-9-8-11-4-1-2-7-14(11)15/h1-7,10,15,17H,8-9H2/t15-/m0/s1. The minimum Gasteiger partial charge on any atom is -0.207 e. The van der Waals surface area contributed by atoms with Crippen molar-refractivity contribution in [3.05, 3.63) is 64.1 Å². The van der Waals surface area contributed by atoms with Gasteiger partial charge in [0, 0.05) is 10.5 Å². The van der Waals surface area contributed by atoms with Crippen LogP contribution in [0.25, 0.3) is 0 Å². The highest BCUT2D eigenvalue weighted by atomic mass is 79.9. The number of fused-ring (bicyclic) bond motifs is 1. The summed E-state index contributed by atoms with van der Waals surface area (Å²) in [6.45, 7) is 0. The SMILES string of the molecule is O=S(=O)(N[C@H]1CCc2ccccc21)c1cccc(Br)c1. The lowest BCUT2D eigenvalue weighted by Gasteiger charge is -2.14. The minimum absolute atomic E-state index is 0.129. The highest BCUT2D eigenvalue weighted by molar-refractivity contribution is 9.10. The second kappa shape index (κ2) is 5.31. The van der Waals surface area contributed by atoms with Crippen LogP contribution in [-0.4, -0.2) is 8.42 Å². The summed E-state index contributed by atoms with van der Waals surface area (Å²) in [6.07, 6.45) is 1.73. The normalized spacial score (nSPS) is 17.9. The molecule has 0 fully saturated rings. The molecule has 2 aromatic carbocycles. The summed E-state index contributed by atoms with van der Waals surface area (Å²) in [5.41, 5.74) is 2.32. The van der Waals surface area contributed by atoms with Crippen LogP contribution in [0.1, 0.15) is 23.6 Å². The van der Waals surface area contributed by atoms with Gasteiger partial charge in [0.2, 0.25) is 10.0 Å². The first kappa shape index (κ1) is 13.8. The Bertz CT molecular complexity index is 743. The maximum atomic E-state index is 12.4. The molecule has 5 heteroatoms. The molecule has 0 aliphatic heterocycles. The van der Waals surface area contributed by atoms with Gasteiger partial charge in [0.25, 0.3) is 0 Å². The quantitative estimate of drug-likeness (QED) is 0.920. The third kappa shape index (κ3) is 2.66. The van der Waals surface area contributed by atoms with E-state index in [1.165, 1.54) is 5.56 Å². The molecular formula is C15H14BrNO2S. The van der Waals surface area contributed by atoms with Crippen LogP contribution >= 0.6 is 15.9 Å². The van der Waals surface area contributed by atoms with Gasteiger partial charge in [-0.1, -0.05) is 46.3 Å². The van der Waals surface area contributed by atoms with Gasteiger partial charge in [-0.05, 0) is 42.2 Å². The third-order valence-electron chi connectivity index (χ3n) is 3.54. The van der Waals surface area contributed by atoms with E-state index in [4.69, 9.17) is 0 Å². The molecule has 0 unspecified atom stereocenters. The first-order valence-electron chi connectivity index (χ1n) is 6.42. The lowest BCUT2D eigenvalue weighted by molar-refractivity contribution is 0.554. The molecular weight excluding hydrogens is 338 g/mol. The van der Waals surface area contributed by atoms with Crippen molar-refractivity contribution >= 4 is 26.0 Å². The second-order valence-electron chi connectivity index (χ2n) is 4.87. The Kier molecular flexibility index (Phi) is 3.67. The number of hydrogen-bond acceptors (Lipinski definition) is 2. The molecule has 1 aliphatic rings. The smallest absolute Gasteiger partial charge is 0.207 e. The first-order chi connectivity index (χ1) is 9.56. The highest BCUT2D eigenvalue weighted by Gasteiger charge is 2.27. The van der Waals surface area contributed by atoms with Gasteiger partial charge in [-0.2, -0.15) is 0 Å². The van der Waals surface area contributed by atoms with Crippen molar-refractivity contribution in [1.29, 1.82) is 0 Å². The predicted octanol–water partition coefficient (Wildman–Crippen LogP) is 3.41. The first-order valence-corrected chi connectivity index (χ1v) is 8.69. The molecule has 0 saturated heterocycles. The molecule has 0 heterocycles. The fourth-order valence-corrected chi connectivity index (χ4v) is 4.42. The lowest BCUT2D eigenvalue weighted by atomic mass is 10.1. The largest absolute Gasteiger partial charge is 0.241 e. The average Bonchev–Trinajstić information content (AvgIpc) is 2.82. The predicted molar refractivity (Wildman–Crippen MR) is 82.0 cm³/mol. The summed E-state index contributed by atoms with van der Waals surface area (Å²) in [6, 6.07) is 14.6. The van der Waals surface area contributed by atoms with Crippen LogP contribution < -0.4 is 4.72 Å². The summed E-state index contributed by atoms with van der Waals surface area (Å²) in [7, 11) is -3.49. The molecule has 0 spiro atoms. The van der Waals surface area contributed by atoms with Crippen LogP contribution in [0.5, 0.6) is 0 Å². The van der Waals surface area contributed by atoms with Crippen LogP contribution in [0, 0.1) is 0 Å². The number of sulfonamides is 1. The van der Waals surface area contributed by atoms with Gasteiger partial charge in [0.15, 0.2) is 0 Å². The molecule has 0 amide bonds. The summed E-state index contributed by atoms with van der Waals surface area (Å²) in [5, 5.41) is 0. The summed E-state index contributed by atoms with van der Waals surface area (Å²) in [4.78, 5) is 0.288. The Hall–Kier alpha value is -1.17. The van der Waals surface area contributed by atoms with Gasteiger partial charge in [0.1, 0.15) is 0 Å². The Morgan fingerprint density at radius 1 is 1.10 bits per heavy atom. The molecule has 2 aromatic rings. The van der Waals surface area contributed by atoms with Crippen LogP contribution in [0.3, 0.4) is 0 Å². The van der Waals surface area contributed by atoms with E-state index in [1.54, 1.807) is 18.2 Å². The monoisotopic (exact) mass is 351 g/mol. The van der Waals surface area contributed by atoms with E-state index in [0.29, 0.717) is 0 Å². The van der Waals surface area contributed by atoms with Crippen LogP contribution in [0.4, 0.5) is 0 Å². The number of aryl methyl sites for hydroxylation is 1. The van der Waals surface area contributed by atoms with Crippen molar-refractivity contribution in [3.8, 4) is 0 Å². The fourth-order valence-electron chi connectivity index (χ4n) is 2.57. The van der Waals surface area contributed by atoms with Gasteiger partial charge in [-0.3, -0.25) is 0 Å². The number of rotatable bonds is 3. The van der Waals surface area contributed by atoms with Gasteiger partial charge in [-0.15, -0.1) is 0 Å². The third-order valence-corrected chi connectivity index (χ3v) is 5.50. The number of benzene rings is 2. The summed E-state index contributed by atoms with van der Waals surface area (Å²) >= 11 is 3.30. The molecule has 3 nitrogen and oxygen atoms in total. The van der Waals surface area contributed by atoms with E-state index < -0.39 is 10.0 Å². The van der Waals surface area contributed by atoms with Crippen molar-refractivity contribution in [2.45, 2.75) is 23.8 Å². The van der Waals surface area contributed by atoms with E-state index in [-0.39, 0.29) is 10.9 Å². The van der Waals surface area contributed by atoms with Crippen molar-refractivity contribution in [3.63, 3.8) is 0 Å².